The highest BCUT2D eigenvalue weighted by molar-refractivity contribution is 5.83. The maximum atomic E-state index is 4.28. The average molecular weight is 247 g/mol. The molecule has 1 N–H and O–H groups in total. The molecule has 0 atom stereocenters. The molecule has 3 rings (SSSR count). The zero-order valence-electron chi connectivity index (χ0n) is 10.3. The standard InChI is InChI=1S/C16H13N3/c1-2-5-13(6-3-1)12-18-19-15-8-9-16-14(11-15)7-4-10-17-16/h1-12,19H. The van der Waals surface area contributed by atoms with E-state index in [9.17, 15) is 0 Å². The van der Waals surface area contributed by atoms with Crippen molar-refractivity contribution in [3.05, 3.63) is 72.4 Å². The molecule has 0 saturated heterocycles. The molecule has 0 aliphatic heterocycles. The summed E-state index contributed by atoms with van der Waals surface area (Å²) in [6, 6.07) is 19.9. The second-order valence-corrected chi connectivity index (χ2v) is 4.19. The van der Waals surface area contributed by atoms with Crippen molar-refractivity contribution in [2.75, 3.05) is 5.43 Å². The Kier molecular flexibility index (Phi) is 3.19. The average Bonchev–Trinajstić information content (AvgIpc) is 2.48. The van der Waals surface area contributed by atoms with Crippen LogP contribution in [0.3, 0.4) is 0 Å². The number of hydrogen-bond acceptors (Lipinski definition) is 3. The highest BCUT2D eigenvalue weighted by Gasteiger charge is 1.95. The summed E-state index contributed by atoms with van der Waals surface area (Å²) < 4.78 is 0. The number of hydrazone groups is 1. The third kappa shape index (κ3) is 2.77. The molecule has 1 heterocycles. The van der Waals surface area contributed by atoms with Crippen molar-refractivity contribution in [1.82, 2.24) is 4.98 Å². The Bertz CT molecular complexity index is 705. The van der Waals surface area contributed by atoms with E-state index in [4.69, 9.17) is 0 Å². The van der Waals surface area contributed by atoms with Gasteiger partial charge in [-0.2, -0.15) is 5.10 Å². The van der Waals surface area contributed by atoms with Crippen molar-refractivity contribution in [2.45, 2.75) is 0 Å². The minimum absolute atomic E-state index is 0.952. The van der Waals surface area contributed by atoms with Gasteiger partial charge in [-0.25, -0.2) is 0 Å². The van der Waals surface area contributed by atoms with Crippen LogP contribution in [-0.4, -0.2) is 11.2 Å². The van der Waals surface area contributed by atoms with Gasteiger partial charge < -0.3 is 0 Å². The summed E-state index contributed by atoms with van der Waals surface area (Å²) in [7, 11) is 0. The van der Waals surface area contributed by atoms with Crippen LogP contribution in [0.1, 0.15) is 5.56 Å². The topological polar surface area (TPSA) is 37.3 Å². The number of rotatable bonds is 3. The minimum Gasteiger partial charge on any atom is -0.278 e. The number of benzene rings is 2. The number of hydrogen-bond donors (Lipinski definition) is 1. The molecular formula is C16H13N3. The first-order valence-electron chi connectivity index (χ1n) is 6.11. The first kappa shape index (κ1) is 11.4. The lowest BCUT2D eigenvalue weighted by atomic mass is 10.2. The molecular weight excluding hydrogens is 234 g/mol. The van der Waals surface area contributed by atoms with Gasteiger partial charge in [0.15, 0.2) is 0 Å². The van der Waals surface area contributed by atoms with Crippen LogP contribution in [0.15, 0.2) is 72.0 Å². The van der Waals surface area contributed by atoms with E-state index in [1.54, 1.807) is 12.4 Å². The van der Waals surface area contributed by atoms with Gasteiger partial charge in [0.2, 0.25) is 0 Å². The molecule has 3 nitrogen and oxygen atoms in total. The molecule has 0 amide bonds. The van der Waals surface area contributed by atoms with E-state index in [-0.39, 0.29) is 0 Å². The molecule has 0 aliphatic carbocycles. The Morgan fingerprint density at radius 2 is 1.84 bits per heavy atom. The van der Waals surface area contributed by atoms with Gasteiger partial charge in [0.1, 0.15) is 0 Å². The van der Waals surface area contributed by atoms with E-state index in [0.29, 0.717) is 0 Å². The van der Waals surface area contributed by atoms with Crippen LogP contribution in [0.5, 0.6) is 0 Å². The smallest absolute Gasteiger partial charge is 0.0703 e. The molecule has 3 aromatic rings. The van der Waals surface area contributed by atoms with Crippen LogP contribution < -0.4 is 5.43 Å². The zero-order chi connectivity index (χ0) is 12.9. The third-order valence-electron chi connectivity index (χ3n) is 2.81. The van der Waals surface area contributed by atoms with Crippen LogP contribution in [0, 0.1) is 0 Å². The van der Waals surface area contributed by atoms with Gasteiger partial charge >= 0.3 is 0 Å². The summed E-state index contributed by atoms with van der Waals surface area (Å²) in [6.07, 6.45) is 3.59. The predicted octanol–water partition coefficient (Wildman–Crippen LogP) is 3.68. The quantitative estimate of drug-likeness (QED) is 0.566. The van der Waals surface area contributed by atoms with Gasteiger partial charge in [-0.15, -0.1) is 0 Å². The van der Waals surface area contributed by atoms with Crippen LogP contribution in [0.4, 0.5) is 5.69 Å². The fourth-order valence-electron chi connectivity index (χ4n) is 1.87. The summed E-state index contributed by atoms with van der Waals surface area (Å²) in [6.45, 7) is 0. The van der Waals surface area contributed by atoms with Crippen molar-refractivity contribution in [2.24, 2.45) is 5.10 Å². The fourth-order valence-corrected chi connectivity index (χ4v) is 1.87. The van der Waals surface area contributed by atoms with Crippen molar-refractivity contribution >= 4 is 22.8 Å². The largest absolute Gasteiger partial charge is 0.278 e. The number of pyridine rings is 1. The van der Waals surface area contributed by atoms with E-state index in [2.05, 4.69) is 15.5 Å². The summed E-state index contributed by atoms with van der Waals surface area (Å²) in [4.78, 5) is 4.28. The van der Waals surface area contributed by atoms with Crippen molar-refractivity contribution in [3.63, 3.8) is 0 Å². The Morgan fingerprint density at radius 1 is 0.947 bits per heavy atom. The summed E-state index contributed by atoms with van der Waals surface area (Å²) in [5, 5.41) is 5.32. The van der Waals surface area contributed by atoms with Crippen molar-refractivity contribution in [1.29, 1.82) is 0 Å². The molecule has 0 unspecified atom stereocenters. The molecule has 0 fully saturated rings. The SMILES string of the molecule is C(=NNc1ccc2ncccc2c1)c1ccccc1. The Labute approximate surface area is 111 Å². The van der Waals surface area contributed by atoms with Gasteiger partial charge in [0, 0.05) is 11.6 Å². The molecule has 3 heteroatoms. The van der Waals surface area contributed by atoms with Crippen molar-refractivity contribution < 1.29 is 0 Å². The monoisotopic (exact) mass is 247 g/mol. The van der Waals surface area contributed by atoms with Gasteiger partial charge in [0.05, 0.1) is 17.4 Å². The fraction of sp³-hybridized carbons (Fsp3) is 0. The highest BCUT2D eigenvalue weighted by Crippen LogP contribution is 2.16. The molecule has 0 spiro atoms. The van der Waals surface area contributed by atoms with Crippen LogP contribution in [0.25, 0.3) is 10.9 Å². The Balaban J connectivity index is 1.77. The van der Waals surface area contributed by atoms with E-state index in [1.807, 2.05) is 60.7 Å². The van der Waals surface area contributed by atoms with E-state index in [0.717, 1.165) is 22.2 Å². The summed E-state index contributed by atoms with van der Waals surface area (Å²) >= 11 is 0. The van der Waals surface area contributed by atoms with Crippen LogP contribution in [0.2, 0.25) is 0 Å². The normalized spacial score (nSPS) is 10.9. The molecule has 19 heavy (non-hydrogen) atoms. The molecule has 0 saturated carbocycles. The Morgan fingerprint density at radius 3 is 2.74 bits per heavy atom. The highest BCUT2D eigenvalue weighted by atomic mass is 15.3. The molecule has 1 aromatic heterocycles. The van der Waals surface area contributed by atoms with Gasteiger partial charge in [0.25, 0.3) is 0 Å². The molecule has 0 radical (unpaired) electrons. The maximum Gasteiger partial charge on any atom is 0.0703 e. The lowest BCUT2D eigenvalue weighted by molar-refractivity contribution is 1.35. The van der Waals surface area contributed by atoms with Crippen molar-refractivity contribution in [3.8, 4) is 0 Å². The molecule has 0 bridgehead atoms. The molecule has 0 aliphatic rings. The number of nitrogens with one attached hydrogen (secondary N) is 1. The number of aromatic nitrogens is 1. The number of fused-ring (bicyclic) bond motifs is 1. The second-order valence-electron chi connectivity index (χ2n) is 4.19. The maximum absolute atomic E-state index is 4.28. The van der Waals surface area contributed by atoms with Gasteiger partial charge in [-0.1, -0.05) is 36.4 Å². The van der Waals surface area contributed by atoms with E-state index >= 15 is 0 Å². The number of nitrogens with zero attached hydrogens (tertiary/aromatic N) is 2. The predicted molar refractivity (Wildman–Crippen MR) is 79.4 cm³/mol. The van der Waals surface area contributed by atoms with Crippen LogP contribution >= 0.6 is 0 Å². The van der Waals surface area contributed by atoms with E-state index < -0.39 is 0 Å². The zero-order valence-corrected chi connectivity index (χ0v) is 10.3. The minimum atomic E-state index is 0.952. The lowest BCUT2D eigenvalue weighted by Crippen LogP contribution is -1.90. The third-order valence-corrected chi connectivity index (χ3v) is 2.81. The molecule has 2 aromatic carbocycles. The summed E-state index contributed by atoms with van der Waals surface area (Å²) in [5.74, 6) is 0. The Hall–Kier alpha value is -2.68. The van der Waals surface area contributed by atoms with Crippen LogP contribution in [-0.2, 0) is 0 Å². The van der Waals surface area contributed by atoms with Gasteiger partial charge in [-0.05, 0) is 29.8 Å². The van der Waals surface area contributed by atoms with E-state index in [1.165, 1.54) is 0 Å². The second kappa shape index (κ2) is 5.31. The van der Waals surface area contributed by atoms with Gasteiger partial charge in [-0.3, -0.25) is 10.4 Å². The first-order chi connectivity index (χ1) is 9.42. The summed E-state index contributed by atoms with van der Waals surface area (Å²) in [5.41, 5.74) is 6.03. The first-order valence-corrected chi connectivity index (χ1v) is 6.11. The number of anilines is 1. The molecule has 92 valence electrons. The lowest BCUT2D eigenvalue weighted by Gasteiger charge is -2.02.